The SMILES string of the molecule is CCS(=O)(=O)C1CSCCN1C(=O)NCC(=O)O. The van der Waals surface area contributed by atoms with Crippen molar-refractivity contribution in [1.29, 1.82) is 0 Å². The van der Waals surface area contributed by atoms with E-state index in [0.29, 0.717) is 18.1 Å². The molecule has 2 amide bonds. The van der Waals surface area contributed by atoms with Gasteiger partial charge in [0, 0.05) is 23.8 Å². The van der Waals surface area contributed by atoms with Gasteiger partial charge in [-0.3, -0.25) is 4.79 Å². The number of nitrogens with one attached hydrogen (secondary N) is 1. The van der Waals surface area contributed by atoms with Crippen LogP contribution in [0.15, 0.2) is 0 Å². The lowest BCUT2D eigenvalue weighted by Gasteiger charge is -2.34. The molecule has 0 spiro atoms. The second-order valence-electron chi connectivity index (χ2n) is 3.73. The van der Waals surface area contributed by atoms with Crippen LogP contribution in [0, 0.1) is 0 Å². The van der Waals surface area contributed by atoms with Gasteiger partial charge in [0.25, 0.3) is 0 Å². The molecule has 1 saturated heterocycles. The summed E-state index contributed by atoms with van der Waals surface area (Å²) in [6.45, 7) is 1.32. The maximum absolute atomic E-state index is 11.9. The summed E-state index contributed by atoms with van der Waals surface area (Å²) in [5.41, 5.74) is 0. The summed E-state index contributed by atoms with van der Waals surface area (Å²) >= 11 is 1.47. The van der Waals surface area contributed by atoms with Crippen LogP contribution in [-0.4, -0.2) is 66.1 Å². The molecule has 1 aliphatic heterocycles. The first-order chi connectivity index (χ1) is 8.38. The van der Waals surface area contributed by atoms with Crippen molar-refractivity contribution < 1.29 is 23.1 Å². The number of thioether (sulfide) groups is 1. The molecule has 104 valence electrons. The zero-order valence-corrected chi connectivity index (χ0v) is 11.6. The minimum absolute atomic E-state index is 0.0407. The number of nitrogens with zero attached hydrogens (tertiary/aromatic N) is 1. The molecule has 0 aromatic rings. The van der Waals surface area contributed by atoms with Crippen molar-refractivity contribution in [2.75, 3.05) is 30.3 Å². The van der Waals surface area contributed by atoms with E-state index in [4.69, 9.17) is 5.11 Å². The number of carbonyl (C=O) groups excluding carboxylic acids is 1. The molecule has 2 N–H and O–H groups in total. The standard InChI is InChI=1S/C9H16N2O5S2/c1-2-18(15,16)7-6-17-4-3-11(7)9(14)10-5-8(12)13/h7H,2-6H2,1H3,(H,10,14)(H,12,13). The Bertz CT molecular complexity index is 423. The van der Waals surface area contributed by atoms with Gasteiger partial charge in [-0.2, -0.15) is 11.8 Å². The van der Waals surface area contributed by atoms with E-state index in [1.807, 2.05) is 0 Å². The summed E-state index contributed by atoms with van der Waals surface area (Å²) in [4.78, 5) is 23.3. The van der Waals surface area contributed by atoms with Crippen LogP contribution in [0.25, 0.3) is 0 Å². The smallest absolute Gasteiger partial charge is 0.323 e. The first kappa shape index (κ1) is 15.1. The van der Waals surface area contributed by atoms with Crippen molar-refractivity contribution in [3.63, 3.8) is 0 Å². The fourth-order valence-electron chi connectivity index (χ4n) is 1.56. The number of aliphatic carboxylic acids is 1. The quantitative estimate of drug-likeness (QED) is 0.731. The number of hydrogen-bond donors (Lipinski definition) is 2. The first-order valence-corrected chi connectivity index (χ1v) is 8.31. The molecule has 0 radical (unpaired) electrons. The van der Waals surface area contributed by atoms with E-state index in [2.05, 4.69) is 5.32 Å². The van der Waals surface area contributed by atoms with Crippen molar-refractivity contribution in [2.45, 2.75) is 12.3 Å². The molecule has 0 aromatic carbocycles. The van der Waals surface area contributed by atoms with Crippen LogP contribution in [0.4, 0.5) is 4.79 Å². The Morgan fingerprint density at radius 1 is 1.50 bits per heavy atom. The summed E-state index contributed by atoms with van der Waals surface area (Å²) in [6, 6.07) is -0.639. The highest BCUT2D eigenvalue weighted by Crippen LogP contribution is 2.21. The van der Waals surface area contributed by atoms with E-state index in [1.165, 1.54) is 23.6 Å². The van der Waals surface area contributed by atoms with Gasteiger partial charge in [0.05, 0.1) is 0 Å². The highest BCUT2D eigenvalue weighted by atomic mass is 32.2. The maximum atomic E-state index is 11.9. The van der Waals surface area contributed by atoms with E-state index in [0.717, 1.165) is 0 Å². The molecule has 0 aliphatic carbocycles. The Balaban J connectivity index is 2.76. The van der Waals surface area contributed by atoms with Crippen molar-refractivity contribution >= 4 is 33.6 Å². The molecule has 0 aromatic heterocycles. The van der Waals surface area contributed by atoms with Gasteiger partial charge in [-0.05, 0) is 0 Å². The van der Waals surface area contributed by atoms with Gasteiger partial charge in [-0.25, -0.2) is 13.2 Å². The summed E-state index contributed by atoms with van der Waals surface area (Å²) in [5.74, 6) is -0.224. The molecule has 1 rings (SSSR count). The van der Waals surface area contributed by atoms with Crippen LogP contribution in [0.3, 0.4) is 0 Å². The molecule has 1 aliphatic rings. The molecule has 1 atom stereocenters. The minimum Gasteiger partial charge on any atom is -0.480 e. The first-order valence-electron chi connectivity index (χ1n) is 5.44. The molecule has 1 heterocycles. The maximum Gasteiger partial charge on any atom is 0.323 e. The van der Waals surface area contributed by atoms with Crippen LogP contribution < -0.4 is 5.32 Å². The van der Waals surface area contributed by atoms with Gasteiger partial charge < -0.3 is 15.3 Å². The zero-order chi connectivity index (χ0) is 13.8. The number of carboxylic acids is 1. The van der Waals surface area contributed by atoms with Crippen LogP contribution in [0.1, 0.15) is 6.92 Å². The van der Waals surface area contributed by atoms with E-state index >= 15 is 0 Å². The van der Waals surface area contributed by atoms with E-state index in [-0.39, 0.29) is 5.75 Å². The average molecular weight is 296 g/mol. The molecule has 1 unspecified atom stereocenters. The number of carbonyl (C=O) groups is 2. The number of rotatable bonds is 4. The molecule has 0 bridgehead atoms. The van der Waals surface area contributed by atoms with Gasteiger partial charge in [0.15, 0.2) is 9.84 Å². The monoisotopic (exact) mass is 296 g/mol. The Kier molecular flexibility index (Phi) is 5.27. The largest absolute Gasteiger partial charge is 0.480 e. The highest BCUT2D eigenvalue weighted by molar-refractivity contribution is 8.01. The number of sulfone groups is 1. The predicted octanol–water partition coefficient (Wildman–Crippen LogP) is -0.410. The van der Waals surface area contributed by atoms with Gasteiger partial charge in [-0.1, -0.05) is 6.92 Å². The van der Waals surface area contributed by atoms with Crippen LogP contribution >= 0.6 is 11.8 Å². The highest BCUT2D eigenvalue weighted by Gasteiger charge is 2.35. The van der Waals surface area contributed by atoms with E-state index in [1.54, 1.807) is 0 Å². The normalized spacial score (nSPS) is 20.5. The Morgan fingerprint density at radius 2 is 2.17 bits per heavy atom. The van der Waals surface area contributed by atoms with Crippen LogP contribution in [-0.2, 0) is 14.6 Å². The second-order valence-corrected chi connectivity index (χ2v) is 7.32. The lowest BCUT2D eigenvalue weighted by Crippen LogP contribution is -2.54. The van der Waals surface area contributed by atoms with E-state index < -0.39 is 33.8 Å². The Hall–Kier alpha value is -0.960. The van der Waals surface area contributed by atoms with Crippen molar-refractivity contribution in [1.82, 2.24) is 10.2 Å². The molecular weight excluding hydrogens is 280 g/mol. The van der Waals surface area contributed by atoms with Gasteiger partial charge >= 0.3 is 12.0 Å². The third kappa shape index (κ3) is 3.77. The summed E-state index contributed by atoms with van der Waals surface area (Å²) in [7, 11) is -3.36. The summed E-state index contributed by atoms with van der Waals surface area (Å²) < 4.78 is 23.7. The predicted molar refractivity (Wildman–Crippen MR) is 68.3 cm³/mol. The van der Waals surface area contributed by atoms with E-state index in [9.17, 15) is 18.0 Å². The Morgan fingerprint density at radius 3 is 2.72 bits per heavy atom. The minimum atomic E-state index is -3.36. The fraction of sp³-hybridized carbons (Fsp3) is 0.778. The molecule has 0 saturated carbocycles. The molecule has 18 heavy (non-hydrogen) atoms. The fourth-order valence-corrected chi connectivity index (χ4v) is 4.52. The third-order valence-electron chi connectivity index (χ3n) is 2.55. The van der Waals surface area contributed by atoms with Gasteiger partial charge in [0.1, 0.15) is 11.9 Å². The van der Waals surface area contributed by atoms with Crippen molar-refractivity contribution in [3.8, 4) is 0 Å². The Labute approximate surface area is 110 Å². The zero-order valence-electron chi connectivity index (χ0n) is 9.96. The summed E-state index contributed by atoms with van der Waals surface area (Å²) in [5, 5.41) is 9.80. The van der Waals surface area contributed by atoms with Gasteiger partial charge in [-0.15, -0.1) is 0 Å². The van der Waals surface area contributed by atoms with Crippen molar-refractivity contribution in [2.24, 2.45) is 0 Å². The average Bonchev–Trinajstić information content (AvgIpc) is 2.36. The number of carboxylic acid groups (broad SMARTS) is 1. The topological polar surface area (TPSA) is 104 Å². The lowest BCUT2D eigenvalue weighted by molar-refractivity contribution is -0.135. The van der Waals surface area contributed by atoms with Gasteiger partial charge in [0.2, 0.25) is 0 Å². The molecule has 1 fully saturated rings. The van der Waals surface area contributed by atoms with Crippen LogP contribution in [0.2, 0.25) is 0 Å². The summed E-state index contributed by atoms with van der Waals surface area (Å²) in [6.07, 6.45) is 0. The second kappa shape index (κ2) is 6.28. The molecular formula is C9H16N2O5S2. The number of amides is 2. The van der Waals surface area contributed by atoms with Crippen LogP contribution in [0.5, 0.6) is 0 Å². The molecule has 9 heteroatoms. The van der Waals surface area contributed by atoms with Crippen molar-refractivity contribution in [3.05, 3.63) is 0 Å². The lowest BCUT2D eigenvalue weighted by atomic mass is 10.5. The number of urea groups is 1. The molecule has 7 nitrogen and oxygen atoms in total. The number of hydrogen-bond acceptors (Lipinski definition) is 5. The third-order valence-corrected chi connectivity index (χ3v) is 5.84.